The summed E-state index contributed by atoms with van der Waals surface area (Å²) in [5, 5.41) is 7.90. The van der Waals surface area contributed by atoms with Crippen molar-refractivity contribution in [2.75, 3.05) is 19.8 Å². The number of carbonyl (C=O) groups excluding carboxylic acids is 1. The fraction of sp³-hybridized carbons (Fsp3) is 0.438. The highest BCUT2D eigenvalue weighted by atomic mass is 31.2. The van der Waals surface area contributed by atoms with Crippen molar-refractivity contribution in [3.63, 3.8) is 0 Å². The van der Waals surface area contributed by atoms with Gasteiger partial charge in [0.25, 0.3) is 0 Å². The number of carbonyl (C=O) groups is 1. The van der Waals surface area contributed by atoms with Gasteiger partial charge >= 0.3 is 13.6 Å². The number of nitrogens with zero attached hydrogens (tertiary/aromatic N) is 3. The molecule has 0 fully saturated rings. The highest BCUT2D eigenvalue weighted by molar-refractivity contribution is 7.52. The molecular formula is C16H22N3O5P. The van der Waals surface area contributed by atoms with Crippen LogP contribution in [0.1, 0.15) is 31.3 Å². The molecule has 0 bridgehead atoms. The van der Waals surface area contributed by atoms with Crippen molar-refractivity contribution >= 4 is 13.6 Å². The highest BCUT2D eigenvalue weighted by Gasteiger charge is 2.30. The summed E-state index contributed by atoms with van der Waals surface area (Å²) in [7, 11) is -3.41. The largest absolute Gasteiger partial charge is 0.461 e. The fourth-order valence-corrected chi connectivity index (χ4v) is 3.86. The van der Waals surface area contributed by atoms with Crippen LogP contribution in [0.25, 0.3) is 11.3 Å². The van der Waals surface area contributed by atoms with Gasteiger partial charge in [-0.2, -0.15) is 0 Å². The molecule has 136 valence electrons. The predicted molar refractivity (Wildman–Crippen MR) is 92.3 cm³/mol. The second kappa shape index (κ2) is 8.89. The van der Waals surface area contributed by atoms with Crippen LogP contribution < -0.4 is 0 Å². The van der Waals surface area contributed by atoms with E-state index in [1.54, 1.807) is 20.8 Å². The lowest BCUT2D eigenvalue weighted by Gasteiger charge is -2.17. The minimum atomic E-state index is -3.41. The lowest BCUT2D eigenvalue weighted by atomic mass is 10.1. The molecular weight excluding hydrogens is 345 g/mol. The lowest BCUT2D eigenvalue weighted by Crippen LogP contribution is -2.10. The van der Waals surface area contributed by atoms with Crippen molar-refractivity contribution in [1.82, 2.24) is 15.0 Å². The van der Waals surface area contributed by atoms with E-state index in [0.29, 0.717) is 11.3 Å². The maximum absolute atomic E-state index is 12.8. The van der Waals surface area contributed by atoms with E-state index in [0.717, 1.165) is 0 Å². The van der Waals surface area contributed by atoms with Gasteiger partial charge in [0, 0.05) is 5.56 Å². The van der Waals surface area contributed by atoms with Crippen LogP contribution in [0.4, 0.5) is 0 Å². The molecule has 1 aromatic heterocycles. The van der Waals surface area contributed by atoms with Gasteiger partial charge in [-0.15, -0.1) is 5.10 Å². The summed E-state index contributed by atoms with van der Waals surface area (Å²) in [6, 6.07) is 9.12. The zero-order valence-electron chi connectivity index (χ0n) is 14.5. The molecule has 1 heterocycles. The number of aromatic nitrogens is 3. The summed E-state index contributed by atoms with van der Waals surface area (Å²) in [6.45, 7) is 5.86. The average Bonchev–Trinajstić information content (AvgIpc) is 2.99. The molecule has 0 saturated heterocycles. The Bertz CT molecular complexity index is 737. The first kappa shape index (κ1) is 19.3. The minimum absolute atomic E-state index is 0.0626. The minimum Gasteiger partial charge on any atom is -0.461 e. The topological polar surface area (TPSA) is 92.5 Å². The van der Waals surface area contributed by atoms with E-state index >= 15 is 0 Å². The summed E-state index contributed by atoms with van der Waals surface area (Å²) in [4.78, 5) is 12.2. The molecule has 25 heavy (non-hydrogen) atoms. The Morgan fingerprint density at radius 2 is 1.72 bits per heavy atom. The number of hydrogen-bond acceptors (Lipinski definition) is 7. The Morgan fingerprint density at radius 3 is 2.28 bits per heavy atom. The molecule has 0 aliphatic heterocycles. The number of benzene rings is 1. The van der Waals surface area contributed by atoms with Gasteiger partial charge < -0.3 is 13.8 Å². The van der Waals surface area contributed by atoms with Crippen molar-refractivity contribution < 1.29 is 23.1 Å². The van der Waals surface area contributed by atoms with Crippen LogP contribution >= 0.6 is 7.60 Å². The quantitative estimate of drug-likeness (QED) is 0.496. The Kier molecular flexibility index (Phi) is 6.87. The Labute approximate surface area is 146 Å². The van der Waals surface area contributed by atoms with Crippen LogP contribution in [0.15, 0.2) is 30.3 Å². The Hall–Kier alpha value is -2.02. The molecule has 0 atom stereocenters. The number of esters is 1. The second-order valence-corrected chi connectivity index (χ2v) is 6.98. The van der Waals surface area contributed by atoms with E-state index in [1.807, 2.05) is 30.3 Å². The molecule has 0 spiro atoms. The van der Waals surface area contributed by atoms with Gasteiger partial charge in [-0.1, -0.05) is 35.5 Å². The first-order chi connectivity index (χ1) is 12.0. The summed E-state index contributed by atoms with van der Waals surface area (Å²) >= 11 is 0. The SMILES string of the molecule is CCOC(=O)c1nnn(CP(=O)(OCC)OCC)c1-c1ccccc1. The Balaban J connectivity index is 2.48. The standard InChI is InChI=1S/C16H22N3O5P/c1-4-22-16(20)14-15(13-10-8-7-9-11-13)19(18-17-14)12-25(21,23-5-2)24-6-3/h7-11H,4-6,12H2,1-3H3. The zero-order valence-corrected chi connectivity index (χ0v) is 15.4. The van der Waals surface area contributed by atoms with E-state index in [2.05, 4.69) is 10.3 Å². The highest BCUT2D eigenvalue weighted by Crippen LogP contribution is 2.50. The summed E-state index contributed by atoms with van der Waals surface area (Å²) in [6.07, 6.45) is -0.148. The molecule has 2 aromatic rings. The molecule has 0 unspecified atom stereocenters. The van der Waals surface area contributed by atoms with Gasteiger partial charge in [-0.3, -0.25) is 4.57 Å². The molecule has 9 heteroatoms. The van der Waals surface area contributed by atoms with Crippen LogP contribution in [0.2, 0.25) is 0 Å². The summed E-state index contributed by atoms with van der Waals surface area (Å²) < 4.78 is 29.9. The smallest absolute Gasteiger partial charge is 0.361 e. The molecule has 8 nitrogen and oxygen atoms in total. The first-order valence-corrected chi connectivity index (χ1v) is 9.81. The summed E-state index contributed by atoms with van der Waals surface area (Å²) in [5.41, 5.74) is 1.18. The van der Waals surface area contributed by atoms with Gasteiger partial charge in [0.05, 0.1) is 19.8 Å². The van der Waals surface area contributed by atoms with Crippen LogP contribution in [0.5, 0.6) is 0 Å². The number of rotatable bonds is 9. The molecule has 0 aliphatic rings. The van der Waals surface area contributed by atoms with Gasteiger partial charge in [-0.25, -0.2) is 9.48 Å². The van der Waals surface area contributed by atoms with Crippen LogP contribution in [-0.2, 0) is 24.6 Å². The normalized spacial score (nSPS) is 11.5. The third-order valence-electron chi connectivity index (χ3n) is 3.21. The summed E-state index contributed by atoms with van der Waals surface area (Å²) in [5.74, 6) is -0.588. The van der Waals surface area contributed by atoms with Crippen molar-refractivity contribution in [3.05, 3.63) is 36.0 Å². The molecule has 0 N–H and O–H groups in total. The number of hydrogen-bond donors (Lipinski definition) is 0. The van der Waals surface area contributed by atoms with E-state index in [-0.39, 0.29) is 31.8 Å². The Morgan fingerprint density at radius 1 is 1.08 bits per heavy atom. The average molecular weight is 367 g/mol. The molecule has 0 saturated carbocycles. The second-order valence-electron chi connectivity index (χ2n) is 4.96. The molecule has 1 aromatic carbocycles. The van der Waals surface area contributed by atoms with Gasteiger partial charge in [0.2, 0.25) is 0 Å². The van der Waals surface area contributed by atoms with E-state index < -0.39 is 13.6 Å². The third kappa shape index (κ3) is 4.75. The fourth-order valence-electron chi connectivity index (χ4n) is 2.31. The lowest BCUT2D eigenvalue weighted by molar-refractivity contribution is 0.0520. The maximum Gasteiger partial charge on any atom is 0.361 e. The van der Waals surface area contributed by atoms with Crippen LogP contribution in [0.3, 0.4) is 0 Å². The van der Waals surface area contributed by atoms with Crippen LogP contribution in [-0.4, -0.2) is 40.8 Å². The number of ether oxygens (including phenoxy) is 1. The van der Waals surface area contributed by atoms with Crippen molar-refractivity contribution in [2.45, 2.75) is 27.1 Å². The maximum atomic E-state index is 12.8. The van der Waals surface area contributed by atoms with Crippen molar-refractivity contribution in [3.8, 4) is 11.3 Å². The van der Waals surface area contributed by atoms with Gasteiger partial charge in [0.15, 0.2) is 5.69 Å². The molecule has 2 rings (SSSR count). The third-order valence-corrected chi connectivity index (χ3v) is 5.13. The van der Waals surface area contributed by atoms with Crippen molar-refractivity contribution in [2.24, 2.45) is 0 Å². The van der Waals surface area contributed by atoms with E-state index in [9.17, 15) is 9.36 Å². The van der Waals surface area contributed by atoms with Gasteiger partial charge in [0.1, 0.15) is 12.0 Å². The monoisotopic (exact) mass is 367 g/mol. The zero-order chi connectivity index (χ0) is 18.3. The van der Waals surface area contributed by atoms with Crippen molar-refractivity contribution in [1.29, 1.82) is 0 Å². The molecule has 0 aliphatic carbocycles. The van der Waals surface area contributed by atoms with E-state index in [1.165, 1.54) is 4.68 Å². The van der Waals surface area contributed by atoms with E-state index in [4.69, 9.17) is 13.8 Å². The van der Waals surface area contributed by atoms with Crippen LogP contribution in [0, 0.1) is 0 Å². The predicted octanol–water partition coefficient (Wildman–Crippen LogP) is 3.35. The van der Waals surface area contributed by atoms with Gasteiger partial charge in [-0.05, 0) is 20.8 Å². The first-order valence-electron chi connectivity index (χ1n) is 8.08. The molecule has 0 radical (unpaired) electrons. The molecule has 0 amide bonds.